The summed E-state index contributed by atoms with van der Waals surface area (Å²) in [4.78, 5) is 0. The van der Waals surface area contributed by atoms with Crippen molar-refractivity contribution >= 4 is 11.8 Å². The molecule has 128 valence electrons. The van der Waals surface area contributed by atoms with Gasteiger partial charge < -0.3 is 9.84 Å². The number of rotatable bonds is 7. The molecule has 2 nitrogen and oxygen atoms in total. The minimum atomic E-state index is -0.417. The molecule has 3 aromatic carbocycles. The molecule has 0 aliphatic rings. The average molecular weight is 349 g/mol. The van der Waals surface area contributed by atoms with Crippen LogP contribution >= 0.6 is 11.8 Å². The molecule has 0 amide bonds. The maximum absolute atomic E-state index is 11.3. The smallest absolute Gasteiger partial charge is 0.118 e. The molecular formula is C22H21O2S-. The third-order valence-electron chi connectivity index (χ3n) is 4.26. The molecule has 0 saturated heterocycles. The van der Waals surface area contributed by atoms with E-state index in [0.29, 0.717) is 5.75 Å². The molecule has 0 N–H and O–H groups in total. The maximum Gasteiger partial charge on any atom is 0.118 e. The van der Waals surface area contributed by atoms with Gasteiger partial charge >= 0.3 is 0 Å². The summed E-state index contributed by atoms with van der Waals surface area (Å²) in [6, 6.07) is 28.9. The molecule has 0 spiro atoms. The number of methoxy groups -OCH3 is 1. The molecule has 3 aromatic rings. The Morgan fingerprint density at radius 1 is 0.760 bits per heavy atom. The molecule has 0 unspecified atom stereocenters. The first-order valence-corrected chi connectivity index (χ1v) is 9.27. The largest absolute Gasteiger partial charge is 0.854 e. The van der Waals surface area contributed by atoms with Crippen LogP contribution in [0.3, 0.4) is 0 Å². The van der Waals surface area contributed by atoms with Crippen molar-refractivity contribution in [2.24, 2.45) is 0 Å². The van der Waals surface area contributed by atoms with E-state index in [1.54, 1.807) is 18.9 Å². The Morgan fingerprint density at radius 2 is 1.24 bits per heavy atom. The lowest BCUT2D eigenvalue weighted by Crippen LogP contribution is -2.27. The Hall–Kier alpha value is -2.23. The van der Waals surface area contributed by atoms with Crippen molar-refractivity contribution in [3.63, 3.8) is 0 Å². The lowest BCUT2D eigenvalue weighted by molar-refractivity contribution is -0.360. The number of thioether (sulfide) groups is 1. The van der Waals surface area contributed by atoms with Crippen LogP contribution in [-0.4, -0.2) is 19.5 Å². The zero-order valence-corrected chi connectivity index (χ0v) is 15.0. The first kappa shape index (κ1) is 17.6. The van der Waals surface area contributed by atoms with Crippen molar-refractivity contribution in [3.05, 3.63) is 102 Å². The van der Waals surface area contributed by atoms with Gasteiger partial charge in [-0.1, -0.05) is 72.8 Å². The molecule has 0 aliphatic carbocycles. The Balaban J connectivity index is 2.23. The number of benzene rings is 3. The van der Waals surface area contributed by atoms with E-state index in [1.165, 1.54) is 11.1 Å². The van der Waals surface area contributed by atoms with Gasteiger partial charge in [-0.2, -0.15) is 0 Å². The third kappa shape index (κ3) is 3.58. The summed E-state index contributed by atoms with van der Waals surface area (Å²) < 4.78 is 4.90. The first-order valence-electron chi connectivity index (χ1n) is 8.29. The fourth-order valence-electron chi connectivity index (χ4n) is 3.12. The number of hydrogen-bond acceptors (Lipinski definition) is 3. The van der Waals surface area contributed by atoms with E-state index < -0.39 is 4.75 Å². The molecule has 0 atom stereocenters. The molecule has 0 radical (unpaired) electrons. The first-order chi connectivity index (χ1) is 12.3. The van der Waals surface area contributed by atoms with E-state index >= 15 is 0 Å². The van der Waals surface area contributed by atoms with Crippen LogP contribution in [-0.2, 0) is 4.75 Å². The van der Waals surface area contributed by atoms with Gasteiger partial charge in [0.05, 0.1) is 11.9 Å². The molecular weight excluding hydrogens is 328 g/mol. The van der Waals surface area contributed by atoms with E-state index in [-0.39, 0.29) is 6.61 Å². The van der Waals surface area contributed by atoms with Crippen LogP contribution in [0.1, 0.15) is 16.7 Å². The van der Waals surface area contributed by atoms with Crippen LogP contribution in [0.25, 0.3) is 0 Å². The monoisotopic (exact) mass is 349 g/mol. The second-order valence-corrected chi connectivity index (χ2v) is 7.00. The summed E-state index contributed by atoms with van der Waals surface area (Å²) in [5.74, 6) is 1.36. The second kappa shape index (κ2) is 8.24. The lowest BCUT2D eigenvalue weighted by atomic mass is 9.84. The fraction of sp³-hybridized carbons (Fsp3) is 0.182. The van der Waals surface area contributed by atoms with Gasteiger partial charge in [0.2, 0.25) is 0 Å². The van der Waals surface area contributed by atoms with E-state index in [2.05, 4.69) is 36.4 Å². The van der Waals surface area contributed by atoms with Crippen LogP contribution in [0.5, 0.6) is 5.75 Å². The standard InChI is InChI=1S/C22H21O2S/c1-24-21-14-12-20(13-15-21)22(25-17-16-23,18-8-4-2-5-9-18)19-10-6-3-7-11-19/h2-15H,16-17H2,1H3/q-1. The predicted molar refractivity (Wildman–Crippen MR) is 103 cm³/mol. The van der Waals surface area contributed by atoms with Crippen molar-refractivity contribution in [1.82, 2.24) is 0 Å². The van der Waals surface area contributed by atoms with Gasteiger partial charge in [0.15, 0.2) is 0 Å². The molecule has 3 heteroatoms. The molecule has 0 heterocycles. The van der Waals surface area contributed by atoms with Crippen molar-refractivity contribution in [1.29, 1.82) is 0 Å². The van der Waals surface area contributed by atoms with E-state index in [4.69, 9.17) is 4.74 Å². The molecule has 0 bridgehead atoms. The van der Waals surface area contributed by atoms with Gasteiger partial charge in [0.25, 0.3) is 0 Å². The molecule has 0 fully saturated rings. The van der Waals surface area contributed by atoms with Crippen molar-refractivity contribution in [3.8, 4) is 5.75 Å². The van der Waals surface area contributed by atoms with Gasteiger partial charge in [-0.15, -0.1) is 18.4 Å². The highest BCUT2D eigenvalue weighted by Gasteiger charge is 2.36. The molecule has 0 aliphatic heterocycles. The summed E-state index contributed by atoms with van der Waals surface area (Å²) in [6.07, 6.45) is 0. The Labute approximate surface area is 153 Å². The Kier molecular flexibility index (Phi) is 5.79. The van der Waals surface area contributed by atoms with Crippen LogP contribution in [0.2, 0.25) is 0 Å². The molecule has 25 heavy (non-hydrogen) atoms. The third-order valence-corrected chi connectivity index (χ3v) is 5.77. The predicted octanol–water partition coefficient (Wildman–Crippen LogP) is 4.08. The highest BCUT2D eigenvalue weighted by atomic mass is 32.2. The zero-order chi connectivity index (χ0) is 17.5. The average Bonchev–Trinajstić information content (AvgIpc) is 2.71. The van der Waals surface area contributed by atoms with E-state index in [0.717, 1.165) is 11.3 Å². The highest BCUT2D eigenvalue weighted by molar-refractivity contribution is 8.00. The minimum Gasteiger partial charge on any atom is -0.854 e. The van der Waals surface area contributed by atoms with E-state index in [1.807, 2.05) is 48.5 Å². The van der Waals surface area contributed by atoms with Gasteiger partial charge in [-0.3, -0.25) is 0 Å². The van der Waals surface area contributed by atoms with Crippen molar-refractivity contribution < 1.29 is 9.84 Å². The minimum absolute atomic E-state index is 0.109. The zero-order valence-electron chi connectivity index (χ0n) is 14.2. The van der Waals surface area contributed by atoms with Gasteiger partial charge in [-0.25, -0.2) is 0 Å². The second-order valence-electron chi connectivity index (χ2n) is 5.69. The number of hydrogen-bond donors (Lipinski definition) is 0. The SMILES string of the molecule is COc1ccc(C(SCC[O-])(c2ccccc2)c2ccccc2)cc1. The number of ether oxygens (including phenoxy) is 1. The molecule has 3 rings (SSSR count). The summed E-state index contributed by atoms with van der Waals surface area (Å²) in [5.41, 5.74) is 3.48. The molecule has 0 saturated carbocycles. The molecule has 0 aromatic heterocycles. The van der Waals surface area contributed by atoms with Gasteiger partial charge in [0.1, 0.15) is 5.75 Å². The summed E-state index contributed by atoms with van der Waals surface area (Å²) in [7, 11) is 1.67. The summed E-state index contributed by atoms with van der Waals surface area (Å²) >= 11 is 1.69. The van der Waals surface area contributed by atoms with E-state index in [9.17, 15) is 5.11 Å². The Morgan fingerprint density at radius 3 is 1.68 bits per heavy atom. The van der Waals surface area contributed by atoms with Crippen LogP contribution in [0.15, 0.2) is 84.9 Å². The summed E-state index contributed by atoms with van der Waals surface area (Å²) in [5, 5.41) is 11.3. The normalized spacial score (nSPS) is 11.3. The fourth-order valence-corrected chi connectivity index (χ4v) is 4.41. The van der Waals surface area contributed by atoms with Crippen LogP contribution in [0.4, 0.5) is 0 Å². The Bertz CT molecular complexity index is 731. The van der Waals surface area contributed by atoms with Crippen LogP contribution < -0.4 is 9.84 Å². The van der Waals surface area contributed by atoms with Gasteiger partial charge in [-0.05, 0) is 34.6 Å². The highest BCUT2D eigenvalue weighted by Crippen LogP contribution is 2.48. The van der Waals surface area contributed by atoms with Gasteiger partial charge in [0, 0.05) is 0 Å². The lowest BCUT2D eigenvalue weighted by Gasteiger charge is -2.36. The van der Waals surface area contributed by atoms with Crippen molar-refractivity contribution in [2.75, 3.05) is 19.5 Å². The van der Waals surface area contributed by atoms with Crippen molar-refractivity contribution in [2.45, 2.75) is 4.75 Å². The summed E-state index contributed by atoms with van der Waals surface area (Å²) in [6.45, 7) is -0.109. The quantitative estimate of drug-likeness (QED) is 0.603. The topological polar surface area (TPSA) is 32.3 Å². The maximum atomic E-state index is 11.3. The van der Waals surface area contributed by atoms with Crippen LogP contribution in [0, 0.1) is 0 Å².